The van der Waals surface area contributed by atoms with Gasteiger partial charge in [0.05, 0.1) is 6.61 Å². The van der Waals surface area contributed by atoms with E-state index >= 15 is 0 Å². The highest BCUT2D eigenvalue weighted by atomic mass is 35.5. The normalized spacial score (nSPS) is 9.65. The molecule has 0 aliphatic heterocycles. The zero-order valence-corrected chi connectivity index (χ0v) is 12.6. The van der Waals surface area contributed by atoms with E-state index in [4.69, 9.17) is 9.47 Å². The lowest BCUT2D eigenvalue weighted by atomic mass is 10.3. The van der Waals surface area contributed by atoms with Crippen LogP contribution in [0, 0.1) is 0 Å². The highest BCUT2D eigenvalue weighted by Crippen LogP contribution is 2.07. The first-order valence-electron chi connectivity index (χ1n) is 6.50. The van der Waals surface area contributed by atoms with Crippen molar-refractivity contribution in [3.05, 3.63) is 30.3 Å². The summed E-state index contributed by atoms with van der Waals surface area (Å²) in [6, 6.07) is 9.52. The summed E-state index contributed by atoms with van der Waals surface area (Å²) >= 11 is 0. The molecule has 1 aromatic carbocycles. The van der Waals surface area contributed by atoms with Crippen molar-refractivity contribution in [2.24, 2.45) is 0 Å². The maximum Gasteiger partial charge on any atom is 0.246 e. The smallest absolute Gasteiger partial charge is 0.246 e. The maximum absolute atomic E-state index is 11.3. The highest BCUT2D eigenvalue weighted by Gasteiger charge is 2.00. The molecule has 0 saturated carbocycles. The molecule has 0 bridgehead atoms. The van der Waals surface area contributed by atoms with Crippen LogP contribution in [-0.4, -0.2) is 45.9 Å². The SMILES string of the molecule is CNCCCNC(=O)COCCOc1ccccc1.Cl. The molecule has 1 rings (SSSR count). The number of para-hydroxylation sites is 1. The number of halogens is 1. The summed E-state index contributed by atoms with van der Waals surface area (Å²) < 4.78 is 10.7. The van der Waals surface area contributed by atoms with Gasteiger partial charge >= 0.3 is 0 Å². The van der Waals surface area contributed by atoms with E-state index in [1.807, 2.05) is 37.4 Å². The Bertz CT molecular complexity index is 350. The highest BCUT2D eigenvalue weighted by molar-refractivity contribution is 5.85. The summed E-state index contributed by atoms with van der Waals surface area (Å²) in [5.74, 6) is 0.721. The Labute approximate surface area is 126 Å². The van der Waals surface area contributed by atoms with Crippen LogP contribution in [-0.2, 0) is 9.53 Å². The molecular formula is C14H23ClN2O3. The Balaban J connectivity index is 0.00000361. The van der Waals surface area contributed by atoms with Gasteiger partial charge in [-0.3, -0.25) is 4.79 Å². The summed E-state index contributed by atoms with van der Waals surface area (Å²) in [5, 5.41) is 5.80. The molecular weight excluding hydrogens is 280 g/mol. The standard InChI is InChI=1S/C14H22N2O3.ClH/c1-15-8-5-9-16-14(17)12-18-10-11-19-13-6-3-2-4-7-13;/h2-4,6-7,15H,5,8-12H2,1H3,(H,16,17);1H. The fourth-order valence-electron chi connectivity index (χ4n) is 1.44. The summed E-state index contributed by atoms with van der Waals surface area (Å²) in [6.07, 6.45) is 0.916. The van der Waals surface area contributed by atoms with E-state index in [0.717, 1.165) is 18.7 Å². The molecule has 0 saturated heterocycles. The minimum Gasteiger partial charge on any atom is -0.491 e. The van der Waals surface area contributed by atoms with Crippen molar-refractivity contribution >= 4 is 18.3 Å². The van der Waals surface area contributed by atoms with Crippen molar-refractivity contribution in [1.82, 2.24) is 10.6 Å². The minimum absolute atomic E-state index is 0. The van der Waals surface area contributed by atoms with Gasteiger partial charge in [0.2, 0.25) is 5.91 Å². The van der Waals surface area contributed by atoms with Crippen molar-refractivity contribution < 1.29 is 14.3 Å². The number of carbonyl (C=O) groups is 1. The fourth-order valence-corrected chi connectivity index (χ4v) is 1.44. The van der Waals surface area contributed by atoms with E-state index in [-0.39, 0.29) is 24.9 Å². The summed E-state index contributed by atoms with van der Waals surface area (Å²) in [6.45, 7) is 2.49. The van der Waals surface area contributed by atoms with Gasteiger partial charge in [-0.2, -0.15) is 0 Å². The first kappa shape index (κ1) is 18.7. The number of ether oxygens (including phenoxy) is 2. The zero-order chi connectivity index (χ0) is 13.8. The molecule has 0 aromatic heterocycles. The number of hydrogen-bond donors (Lipinski definition) is 2. The lowest BCUT2D eigenvalue weighted by molar-refractivity contribution is -0.125. The number of hydrogen-bond acceptors (Lipinski definition) is 4. The van der Waals surface area contributed by atoms with E-state index in [1.165, 1.54) is 0 Å². The molecule has 1 aromatic rings. The maximum atomic E-state index is 11.3. The monoisotopic (exact) mass is 302 g/mol. The summed E-state index contributed by atoms with van der Waals surface area (Å²) in [7, 11) is 1.89. The Hall–Kier alpha value is -1.30. The van der Waals surface area contributed by atoms with Crippen molar-refractivity contribution in [2.45, 2.75) is 6.42 Å². The molecule has 0 fully saturated rings. The lowest BCUT2D eigenvalue weighted by Crippen LogP contribution is -2.30. The average molecular weight is 303 g/mol. The molecule has 0 heterocycles. The van der Waals surface area contributed by atoms with Crippen LogP contribution >= 0.6 is 12.4 Å². The molecule has 0 radical (unpaired) electrons. The second-order valence-corrected chi connectivity index (χ2v) is 4.02. The van der Waals surface area contributed by atoms with Crippen LogP contribution in [0.4, 0.5) is 0 Å². The van der Waals surface area contributed by atoms with Crippen molar-refractivity contribution in [3.8, 4) is 5.75 Å². The van der Waals surface area contributed by atoms with Crippen LogP contribution < -0.4 is 15.4 Å². The zero-order valence-electron chi connectivity index (χ0n) is 11.8. The van der Waals surface area contributed by atoms with Crippen LogP contribution in [0.2, 0.25) is 0 Å². The fraction of sp³-hybridized carbons (Fsp3) is 0.500. The largest absolute Gasteiger partial charge is 0.491 e. The first-order chi connectivity index (χ1) is 9.33. The third kappa shape index (κ3) is 9.61. The van der Waals surface area contributed by atoms with Gasteiger partial charge in [0.15, 0.2) is 0 Å². The van der Waals surface area contributed by atoms with Gasteiger partial charge in [0, 0.05) is 6.54 Å². The van der Waals surface area contributed by atoms with Crippen LogP contribution in [0.25, 0.3) is 0 Å². The lowest BCUT2D eigenvalue weighted by Gasteiger charge is -2.07. The average Bonchev–Trinajstić information content (AvgIpc) is 2.44. The third-order valence-electron chi connectivity index (χ3n) is 2.40. The second-order valence-electron chi connectivity index (χ2n) is 4.02. The predicted molar refractivity (Wildman–Crippen MR) is 81.6 cm³/mol. The van der Waals surface area contributed by atoms with Crippen LogP contribution in [0.1, 0.15) is 6.42 Å². The van der Waals surface area contributed by atoms with Crippen molar-refractivity contribution in [3.63, 3.8) is 0 Å². The Morgan fingerprint density at radius 3 is 2.60 bits per heavy atom. The van der Waals surface area contributed by atoms with E-state index in [0.29, 0.717) is 19.8 Å². The Kier molecular flexibility index (Phi) is 11.9. The molecule has 1 amide bonds. The van der Waals surface area contributed by atoms with E-state index in [9.17, 15) is 4.79 Å². The molecule has 0 atom stereocenters. The van der Waals surface area contributed by atoms with E-state index < -0.39 is 0 Å². The number of nitrogens with one attached hydrogen (secondary N) is 2. The van der Waals surface area contributed by atoms with Gasteiger partial charge in [0.25, 0.3) is 0 Å². The van der Waals surface area contributed by atoms with Crippen molar-refractivity contribution in [2.75, 3.05) is 40.0 Å². The van der Waals surface area contributed by atoms with Crippen LogP contribution in [0.5, 0.6) is 5.75 Å². The molecule has 5 nitrogen and oxygen atoms in total. The molecule has 2 N–H and O–H groups in total. The number of amides is 1. The van der Waals surface area contributed by atoms with E-state index in [2.05, 4.69) is 10.6 Å². The molecule has 20 heavy (non-hydrogen) atoms. The van der Waals surface area contributed by atoms with E-state index in [1.54, 1.807) is 0 Å². The molecule has 114 valence electrons. The van der Waals surface area contributed by atoms with Crippen LogP contribution in [0.15, 0.2) is 30.3 Å². The predicted octanol–water partition coefficient (Wildman–Crippen LogP) is 1.23. The third-order valence-corrected chi connectivity index (χ3v) is 2.40. The van der Waals surface area contributed by atoms with Gasteiger partial charge < -0.3 is 20.1 Å². The van der Waals surface area contributed by atoms with Gasteiger partial charge in [-0.05, 0) is 32.1 Å². The minimum atomic E-state index is -0.0872. The quantitative estimate of drug-likeness (QED) is 0.638. The Morgan fingerprint density at radius 2 is 1.90 bits per heavy atom. The second kappa shape index (κ2) is 12.7. The summed E-state index contributed by atoms with van der Waals surface area (Å²) in [4.78, 5) is 11.3. The molecule has 0 aliphatic carbocycles. The van der Waals surface area contributed by atoms with Gasteiger partial charge in [0.1, 0.15) is 19.0 Å². The summed E-state index contributed by atoms with van der Waals surface area (Å²) in [5.41, 5.74) is 0. The number of rotatable bonds is 10. The topological polar surface area (TPSA) is 59.6 Å². The van der Waals surface area contributed by atoms with Crippen molar-refractivity contribution in [1.29, 1.82) is 0 Å². The van der Waals surface area contributed by atoms with Crippen LogP contribution in [0.3, 0.4) is 0 Å². The molecule has 0 aliphatic rings. The van der Waals surface area contributed by atoms with Gasteiger partial charge in [-0.1, -0.05) is 18.2 Å². The van der Waals surface area contributed by atoms with Gasteiger partial charge in [-0.15, -0.1) is 12.4 Å². The molecule has 0 unspecified atom stereocenters. The molecule has 6 heteroatoms. The van der Waals surface area contributed by atoms with Gasteiger partial charge in [-0.25, -0.2) is 0 Å². The molecule has 0 spiro atoms. The number of carbonyl (C=O) groups excluding carboxylic acids is 1. The Morgan fingerprint density at radius 1 is 1.15 bits per heavy atom. The number of benzene rings is 1. The first-order valence-corrected chi connectivity index (χ1v) is 6.50.